The zero-order valence-corrected chi connectivity index (χ0v) is 86.6. The molecule has 15 heterocycles. The van der Waals surface area contributed by atoms with E-state index >= 15 is 0 Å². The lowest BCUT2D eigenvalue weighted by molar-refractivity contribution is 0.831. The molecule has 0 unspecified atom stereocenters. The highest BCUT2D eigenvalue weighted by Crippen LogP contribution is 2.23. The summed E-state index contributed by atoms with van der Waals surface area (Å²) >= 11 is 12.2. The topological polar surface area (TPSA) is 671 Å². The van der Waals surface area contributed by atoms with Crippen LogP contribution in [0.15, 0.2) is 146 Å². The number of rotatable bonds is 39. The van der Waals surface area contributed by atoms with E-state index in [-0.39, 0.29) is 53.5 Å². The molecule has 0 atom stereocenters. The maximum atomic E-state index is 5.71. The number of nitrogens with two attached hydrogens (primary N) is 9. The maximum Gasteiger partial charge on any atom is 0.231 e. The van der Waals surface area contributed by atoms with Crippen molar-refractivity contribution in [1.82, 2.24) is 120 Å². The van der Waals surface area contributed by atoms with E-state index in [0.29, 0.717) is 89.2 Å². The van der Waals surface area contributed by atoms with Crippen molar-refractivity contribution in [1.29, 1.82) is 0 Å². The molecule has 0 spiro atoms. The van der Waals surface area contributed by atoms with Gasteiger partial charge in [-0.3, -0.25) is 0 Å². The number of hydrogen-bond acceptors (Lipinski definition) is 55. The Kier molecular flexibility index (Phi) is 45.8. The molecule has 0 fully saturated rings. The predicted molar refractivity (Wildman–Crippen MR) is 584 cm³/mol. The minimum Gasteiger partial charge on any atom is -0.368 e. The number of likely N-dealkylation sites (N-methyl/N-ethyl adjacent to an activating group) is 3. The van der Waals surface area contributed by atoms with Gasteiger partial charge in [-0.25, -0.2) is 0 Å². The molecule has 0 aromatic carbocycles. The molecule has 0 saturated heterocycles. The lowest BCUT2D eigenvalue weighted by Gasteiger charge is -2.18. The number of nitrogen functional groups attached to an aromatic ring is 9. The molecule has 0 saturated carbocycles. The van der Waals surface area contributed by atoms with Gasteiger partial charge < -0.3 is 129 Å². The number of hydrogen-bond donors (Lipinski definition) is 18. The Morgan fingerprint density at radius 2 is 0.454 bits per heavy atom. The zero-order valence-electron chi connectivity index (χ0n) is 80.8. The van der Waals surface area contributed by atoms with Crippen LogP contribution in [0.25, 0.3) is 0 Å². The Morgan fingerprint density at radius 1 is 0.241 bits per heavy atom. The second-order valence-corrected chi connectivity index (χ2v) is 37.4. The average Bonchev–Trinajstić information content (AvgIpc) is 1.85. The summed E-state index contributed by atoms with van der Waals surface area (Å²) in [5.41, 5.74) is 51.1. The molecular formula is C86H124N48S7. The highest BCUT2D eigenvalue weighted by Gasteiger charge is 2.17. The first kappa shape index (κ1) is 109. The molecule has 1 aliphatic rings. The molecule has 15 aromatic rings. The quantitative estimate of drug-likeness (QED) is 0.0170. The van der Waals surface area contributed by atoms with Crippen molar-refractivity contribution < 1.29 is 0 Å². The fourth-order valence-corrected chi connectivity index (χ4v) is 16.5. The van der Waals surface area contributed by atoms with Crippen LogP contribution in [0, 0.1) is 0 Å². The molecule has 55 heteroatoms. The third-order valence-corrected chi connectivity index (χ3v) is 25.1. The van der Waals surface area contributed by atoms with E-state index in [1.165, 1.54) is 39.7 Å². The summed E-state index contributed by atoms with van der Waals surface area (Å²) in [6.45, 7) is 6.37. The van der Waals surface area contributed by atoms with E-state index in [1.54, 1.807) is 108 Å². The van der Waals surface area contributed by atoms with E-state index in [0.717, 1.165) is 110 Å². The van der Waals surface area contributed by atoms with Crippen LogP contribution >= 0.6 is 79.4 Å². The first-order valence-corrected chi connectivity index (χ1v) is 50.1. The van der Waals surface area contributed by atoms with Crippen LogP contribution in [0.3, 0.4) is 0 Å². The lowest BCUT2D eigenvalue weighted by atomic mass is 10.2. The Bertz CT molecular complexity index is 5990. The van der Waals surface area contributed by atoms with Crippen molar-refractivity contribution >= 4 is 222 Å². The molecule has 750 valence electrons. The molecule has 16 rings (SSSR count). The normalized spacial score (nSPS) is 10.7. The van der Waals surface area contributed by atoms with Crippen LogP contribution in [0.2, 0.25) is 0 Å². The van der Waals surface area contributed by atoms with Crippen LogP contribution in [0.1, 0.15) is 47.0 Å². The average molecular weight is 2050 g/mol. The lowest BCUT2D eigenvalue weighted by Crippen LogP contribution is -2.25. The predicted octanol–water partition coefficient (Wildman–Crippen LogP) is 9.35. The Morgan fingerprint density at radius 3 is 0.759 bits per heavy atom. The first-order valence-electron chi connectivity index (χ1n) is 44.0. The standard InChI is InChI=1S/C13H20N6S.C12H18N6S.2C11H16N6S.2C10H14N6S.C10H14N6.C9H12N6S/c1-18(2)12-15-11(16-13(17-12)19(3)4)14-8-7-10-6-5-9-20-10;1-17(2)11-14-10(13)15-12(16-11)18(3)7-6-9-5-4-8-19-9;1-13-10-14-9(12)15-11(16-10)17(2)6-5-8-4-3-7-18-8;1-12-9-15-10(13-2)17-11(16-9)14-6-5-8-4-3-7-18-8;1-16(5-4-7-3-2-6-17-7)10-14-8(11)13-9(12)15-10;1-12-9-14-8(11)15-10(16-9)13-5-4-7-3-2-6-17-7;11-8-14-9(12)16-10(15-8)13-6-5-7-3-1-2-4-7;10-7-13-8(11)15-9(14-7)12-4-3-6-2-1-5-16-6/h5-6,9H,7-8H2,1-4H3,(H,14,15,16,17);4-5,8H,6-7H2,1-3H3,(H2,13,14,15,16);3-4,7H,5-6H2,1-2H3,(H3,12,13,14,15,16);3-4,7H,5-6H2,1-2H3,(H3,12,13,14,15,16,17);2-3,6H,4-5H2,1H3,(H4,11,12,13,14,15);2-3,6H,4-5H2,1H3,(H4,11,12,13,14,15,16);1,3-4H,2,5-6H2,(H5,11,12,13,14,15,16);1-2,5H,3-4H2,(H5,10,11,12,13,14,15). The molecular weight excluding hydrogens is 1930 g/mol. The SMILES string of the molecule is CN(C)c1nc(N)nc(N(C)CCc2cccs2)n1.CN(C)c1nc(NCCc2cccs2)nc(N(C)C)n1.CN(CCc1cccs1)c1nc(N)nc(N)n1.CNc1nc(N)nc(N(C)CCc2cccs2)n1.CNc1nc(N)nc(NCCc2cccs2)n1.CNc1nc(NC)nc(NCCc2cccs2)n1.Nc1nc(N)nc(NCCC2=CCC=C2)n1.Nc1nc(N)nc(NCCc2cccs2)n1. The maximum absolute atomic E-state index is 5.71. The van der Waals surface area contributed by atoms with Gasteiger partial charge in [0.05, 0.1) is 0 Å². The summed E-state index contributed by atoms with van der Waals surface area (Å²) in [5.74, 6) is 9.68. The third kappa shape index (κ3) is 41.1. The summed E-state index contributed by atoms with van der Waals surface area (Å²) in [6, 6.07) is 29.2. The molecule has 0 bridgehead atoms. The number of nitrogens with zero attached hydrogens (tertiary/aromatic N) is 30. The molecule has 0 aliphatic heterocycles. The fourth-order valence-electron chi connectivity index (χ4n) is 11.6. The van der Waals surface area contributed by atoms with Crippen LogP contribution in [0.4, 0.5) is 143 Å². The molecule has 48 nitrogen and oxygen atoms in total. The third-order valence-electron chi connectivity index (χ3n) is 18.6. The minimum atomic E-state index is 0.131. The van der Waals surface area contributed by atoms with E-state index in [2.05, 4.69) is 285 Å². The monoisotopic (exact) mass is 2050 g/mol. The van der Waals surface area contributed by atoms with Gasteiger partial charge in [-0.15, -0.1) is 79.4 Å². The number of anilines is 24. The number of thiophene rings is 7. The Hall–Kier alpha value is -15.3. The minimum absolute atomic E-state index is 0.131. The molecule has 0 amide bonds. The fraction of sp³-hybridized carbons (Fsp3) is 0.349. The van der Waals surface area contributed by atoms with Gasteiger partial charge in [0.1, 0.15) is 0 Å². The number of aromatic nitrogens is 24. The Balaban J connectivity index is 0.000000180. The van der Waals surface area contributed by atoms with Gasteiger partial charge in [0.2, 0.25) is 143 Å². The van der Waals surface area contributed by atoms with Crippen molar-refractivity contribution in [2.75, 3.05) is 273 Å². The number of nitrogens with one attached hydrogen (secondary N) is 9. The van der Waals surface area contributed by atoms with Crippen molar-refractivity contribution in [2.24, 2.45) is 0 Å². The van der Waals surface area contributed by atoms with Gasteiger partial charge in [-0.05, 0) is 138 Å². The molecule has 15 aromatic heterocycles. The summed E-state index contributed by atoms with van der Waals surface area (Å²) < 4.78 is 0. The van der Waals surface area contributed by atoms with Crippen molar-refractivity contribution in [3.05, 3.63) is 181 Å². The highest BCUT2D eigenvalue weighted by atomic mass is 32.1. The van der Waals surface area contributed by atoms with E-state index in [4.69, 9.17) is 51.6 Å². The van der Waals surface area contributed by atoms with Crippen molar-refractivity contribution in [3.8, 4) is 0 Å². The van der Waals surface area contributed by atoms with E-state index in [1.807, 2.05) is 116 Å². The molecule has 27 N–H and O–H groups in total. The van der Waals surface area contributed by atoms with E-state index < -0.39 is 0 Å². The summed E-state index contributed by atoms with van der Waals surface area (Å²) in [4.78, 5) is 119. The van der Waals surface area contributed by atoms with E-state index in [9.17, 15) is 0 Å². The summed E-state index contributed by atoms with van der Waals surface area (Å²) in [7, 11) is 24.3. The summed E-state index contributed by atoms with van der Waals surface area (Å²) in [6.07, 6.45) is 15.1. The largest absolute Gasteiger partial charge is 0.368 e. The first-order chi connectivity index (χ1) is 68.0. The van der Waals surface area contributed by atoms with Gasteiger partial charge >= 0.3 is 0 Å². The number of allylic oxidation sites excluding steroid dienone is 3. The van der Waals surface area contributed by atoms with Gasteiger partial charge in [0.25, 0.3) is 0 Å². The van der Waals surface area contributed by atoms with Crippen LogP contribution < -0.4 is 129 Å². The van der Waals surface area contributed by atoms with Gasteiger partial charge in [0, 0.05) is 178 Å². The Labute approximate surface area is 847 Å². The van der Waals surface area contributed by atoms with Gasteiger partial charge in [-0.2, -0.15) is 120 Å². The van der Waals surface area contributed by atoms with Crippen molar-refractivity contribution in [2.45, 2.75) is 57.8 Å². The molecule has 1 aliphatic carbocycles. The van der Waals surface area contributed by atoms with Crippen LogP contribution in [0.5, 0.6) is 0 Å². The molecule has 0 radical (unpaired) electrons. The zero-order chi connectivity index (χ0) is 101. The molecule has 141 heavy (non-hydrogen) atoms. The second-order valence-electron chi connectivity index (χ2n) is 30.2. The van der Waals surface area contributed by atoms with Gasteiger partial charge in [-0.1, -0.05) is 66.3 Å². The summed E-state index contributed by atoms with van der Waals surface area (Å²) in [5, 5.41) is 41.7. The van der Waals surface area contributed by atoms with Crippen molar-refractivity contribution in [3.63, 3.8) is 0 Å². The van der Waals surface area contributed by atoms with Crippen LogP contribution in [-0.4, -0.2) is 264 Å². The van der Waals surface area contributed by atoms with Gasteiger partial charge in [0.15, 0.2) is 0 Å². The van der Waals surface area contributed by atoms with Crippen LogP contribution in [-0.2, 0) is 44.9 Å². The smallest absolute Gasteiger partial charge is 0.231 e. The highest BCUT2D eigenvalue weighted by molar-refractivity contribution is 7.11. The second kappa shape index (κ2) is 59.1.